The van der Waals surface area contributed by atoms with Crippen LogP contribution in [-0.2, 0) is 0 Å². The molecule has 3 N–H and O–H groups in total. The normalized spacial score (nSPS) is 10.6. The van der Waals surface area contributed by atoms with Gasteiger partial charge in [-0.05, 0) is 18.2 Å². The van der Waals surface area contributed by atoms with E-state index in [0.29, 0.717) is 11.8 Å². The lowest BCUT2D eigenvalue weighted by atomic mass is 10.3. The fraction of sp³-hybridized carbons (Fsp3) is 0. The monoisotopic (exact) mass is 227 g/mol. The highest BCUT2D eigenvalue weighted by Crippen LogP contribution is 2.15. The lowest BCUT2D eigenvalue weighted by Gasteiger charge is -1.98. The summed E-state index contributed by atoms with van der Waals surface area (Å²) in [5, 5.41) is 9.15. The highest BCUT2D eigenvalue weighted by molar-refractivity contribution is 5.77. The molecule has 0 unspecified atom stereocenters. The number of nitrogens with one attached hydrogen (secondary N) is 3. The Morgan fingerprint density at radius 1 is 1.12 bits per heavy atom. The number of aromatic nitrogens is 4. The van der Waals surface area contributed by atoms with Crippen LogP contribution in [0.1, 0.15) is 0 Å². The van der Waals surface area contributed by atoms with E-state index < -0.39 is 0 Å². The van der Waals surface area contributed by atoms with Crippen LogP contribution in [0.5, 0.6) is 0 Å². The first-order valence-electron chi connectivity index (χ1n) is 5.09. The summed E-state index contributed by atoms with van der Waals surface area (Å²) in [6, 6.07) is 10.7. The third-order valence-corrected chi connectivity index (χ3v) is 2.31. The molecule has 2 aromatic heterocycles. The van der Waals surface area contributed by atoms with E-state index >= 15 is 0 Å². The van der Waals surface area contributed by atoms with E-state index in [1.807, 2.05) is 24.3 Å². The van der Waals surface area contributed by atoms with Gasteiger partial charge in [0.1, 0.15) is 0 Å². The van der Waals surface area contributed by atoms with Crippen LogP contribution in [0.25, 0.3) is 11.0 Å². The van der Waals surface area contributed by atoms with Crippen LogP contribution in [0.4, 0.5) is 11.8 Å². The number of H-pyrrole nitrogens is 2. The lowest BCUT2D eigenvalue weighted by molar-refractivity contribution is 0.990. The number of anilines is 2. The molecule has 1 aromatic carbocycles. The van der Waals surface area contributed by atoms with Gasteiger partial charge in [0.25, 0.3) is 5.56 Å². The van der Waals surface area contributed by atoms with Gasteiger partial charge in [-0.3, -0.25) is 4.79 Å². The molecule has 2 heterocycles. The van der Waals surface area contributed by atoms with Crippen molar-refractivity contribution in [1.82, 2.24) is 20.2 Å². The molecule has 0 aliphatic carbocycles. The van der Waals surface area contributed by atoms with E-state index in [-0.39, 0.29) is 5.56 Å². The number of aromatic amines is 2. The molecule has 17 heavy (non-hydrogen) atoms. The third-order valence-electron chi connectivity index (χ3n) is 2.31. The Kier molecular flexibility index (Phi) is 2.11. The largest absolute Gasteiger partial charge is 0.324 e. The summed E-state index contributed by atoms with van der Waals surface area (Å²) in [6.45, 7) is 0. The maximum atomic E-state index is 10.8. The van der Waals surface area contributed by atoms with Crippen molar-refractivity contribution in [1.29, 1.82) is 0 Å². The summed E-state index contributed by atoms with van der Waals surface area (Å²) < 4.78 is 0. The summed E-state index contributed by atoms with van der Waals surface area (Å²) in [4.78, 5) is 18.3. The fourth-order valence-electron chi connectivity index (χ4n) is 1.55. The van der Waals surface area contributed by atoms with Crippen molar-refractivity contribution in [2.75, 3.05) is 5.32 Å². The zero-order valence-corrected chi connectivity index (χ0v) is 8.77. The van der Waals surface area contributed by atoms with Gasteiger partial charge in [0.15, 0.2) is 5.82 Å². The number of hydrogen-bond donors (Lipinski definition) is 3. The molecule has 0 aliphatic rings. The van der Waals surface area contributed by atoms with Crippen molar-refractivity contribution >= 4 is 22.8 Å². The van der Waals surface area contributed by atoms with Crippen LogP contribution in [0.2, 0.25) is 0 Å². The number of imidazole rings is 1. The Bertz CT molecular complexity index is 661. The van der Waals surface area contributed by atoms with Gasteiger partial charge in [0, 0.05) is 6.07 Å². The third kappa shape index (κ3) is 1.87. The van der Waals surface area contributed by atoms with Gasteiger partial charge >= 0.3 is 0 Å². The molecule has 0 fully saturated rings. The smallest absolute Gasteiger partial charge is 0.264 e. The van der Waals surface area contributed by atoms with Crippen molar-refractivity contribution in [3.8, 4) is 0 Å². The number of hydrogen-bond acceptors (Lipinski definition) is 4. The van der Waals surface area contributed by atoms with E-state index in [1.54, 1.807) is 6.07 Å². The Balaban J connectivity index is 1.94. The number of fused-ring (bicyclic) bond motifs is 1. The topological polar surface area (TPSA) is 86.5 Å². The molecule has 0 aliphatic heterocycles. The number of nitrogens with zero attached hydrogens (tertiary/aromatic N) is 2. The van der Waals surface area contributed by atoms with Gasteiger partial charge in [-0.2, -0.15) is 5.10 Å². The summed E-state index contributed by atoms with van der Waals surface area (Å²) in [5.74, 6) is 1.12. The van der Waals surface area contributed by atoms with Crippen molar-refractivity contribution in [2.45, 2.75) is 0 Å². The van der Waals surface area contributed by atoms with Crippen molar-refractivity contribution < 1.29 is 0 Å². The minimum absolute atomic E-state index is 0.236. The van der Waals surface area contributed by atoms with Gasteiger partial charge in [0.05, 0.1) is 11.0 Å². The predicted octanol–water partition coefficient (Wildman–Crippen LogP) is 1.39. The predicted molar refractivity (Wildman–Crippen MR) is 64.2 cm³/mol. The summed E-state index contributed by atoms with van der Waals surface area (Å²) >= 11 is 0. The highest BCUT2D eigenvalue weighted by Gasteiger charge is 2.02. The number of benzene rings is 1. The first kappa shape index (κ1) is 9.59. The Morgan fingerprint density at radius 3 is 2.76 bits per heavy atom. The molecule has 0 radical (unpaired) electrons. The van der Waals surface area contributed by atoms with Crippen LogP contribution in [0, 0.1) is 0 Å². The minimum Gasteiger partial charge on any atom is -0.324 e. The standard InChI is InChI=1S/C11H9N5O/c17-10-6-5-9(15-16-10)14-11-12-7-3-1-2-4-8(7)13-11/h1-6H,(H,16,17)(H2,12,13,14,15). The second-order valence-electron chi connectivity index (χ2n) is 3.53. The van der Waals surface area contributed by atoms with E-state index in [0.717, 1.165) is 11.0 Å². The number of rotatable bonds is 2. The Labute approximate surface area is 95.7 Å². The second-order valence-corrected chi connectivity index (χ2v) is 3.53. The second kappa shape index (κ2) is 3.75. The molecule has 6 nitrogen and oxygen atoms in total. The Hall–Kier alpha value is -2.63. The Morgan fingerprint density at radius 2 is 2.00 bits per heavy atom. The SMILES string of the molecule is O=c1ccc(Nc2nc3ccccc3[nH]2)n[nH]1. The zero-order valence-electron chi connectivity index (χ0n) is 8.77. The van der Waals surface area contributed by atoms with E-state index in [2.05, 4.69) is 25.5 Å². The van der Waals surface area contributed by atoms with E-state index in [9.17, 15) is 4.79 Å². The van der Waals surface area contributed by atoms with Crippen LogP contribution in [0.15, 0.2) is 41.2 Å². The van der Waals surface area contributed by atoms with Gasteiger partial charge in [0.2, 0.25) is 5.95 Å². The maximum absolute atomic E-state index is 10.8. The van der Waals surface area contributed by atoms with E-state index in [4.69, 9.17) is 0 Å². The molecular formula is C11H9N5O. The molecule has 0 bridgehead atoms. The first-order chi connectivity index (χ1) is 8.31. The average molecular weight is 227 g/mol. The van der Waals surface area contributed by atoms with Crippen molar-refractivity contribution in [3.05, 3.63) is 46.8 Å². The van der Waals surface area contributed by atoms with Gasteiger partial charge in [-0.1, -0.05) is 12.1 Å². The molecule has 0 amide bonds. The molecule has 0 atom stereocenters. The van der Waals surface area contributed by atoms with Gasteiger partial charge < -0.3 is 10.3 Å². The van der Waals surface area contributed by atoms with Gasteiger partial charge in [-0.15, -0.1) is 0 Å². The summed E-state index contributed by atoms with van der Waals surface area (Å²) in [6.07, 6.45) is 0. The molecule has 0 saturated heterocycles. The van der Waals surface area contributed by atoms with Crippen LogP contribution < -0.4 is 10.9 Å². The van der Waals surface area contributed by atoms with Crippen molar-refractivity contribution in [2.24, 2.45) is 0 Å². The molecule has 3 rings (SSSR count). The summed E-state index contributed by atoms with van der Waals surface area (Å²) in [5.41, 5.74) is 1.58. The highest BCUT2D eigenvalue weighted by atomic mass is 16.1. The fourth-order valence-corrected chi connectivity index (χ4v) is 1.55. The quantitative estimate of drug-likeness (QED) is 0.617. The van der Waals surface area contributed by atoms with E-state index in [1.165, 1.54) is 6.07 Å². The first-order valence-corrected chi connectivity index (χ1v) is 5.09. The molecule has 3 aromatic rings. The maximum Gasteiger partial charge on any atom is 0.264 e. The van der Waals surface area contributed by atoms with Crippen LogP contribution >= 0.6 is 0 Å². The van der Waals surface area contributed by atoms with Crippen LogP contribution in [0.3, 0.4) is 0 Å². The van der Waals surface area contributed by atoms with Crippen LogP contribution in [-0.4, -0.2) is 20.2 Å². The van der Waals surface area contributed by atoms with Crippen molar-refractivity contribution in [3.63, 3.8) is 0 Å². The number of para-hydroxylation sites is 2. The molecule has 0 saturated carbocycles. The minimum atomic E-state index is -0.236. The summed E-state index contributed by atoms with van der Waals surface area (Å²) in [7, 11) is 0. The average Bonchev–Trinajstić information content (AvgIpc) is 2.74. The van der Waals surface area contributed by atoms with Gasteiger partial charge in [-0.25, -0.2) is 10.1 Å². The molecular weight excluding hydrogens is 218 g/mol. The zero-order chi connectivity index (χ0) is 11.7. The lowest BCUT2D eigenvalue weighted by Crippen LogP contribution is -2.07. The molecule has 0 spiro atoms. The molecule has 6 heteroatoms. The molecule has 84 valence electrons.